The molecule has 0 aliphatic heterocycles. The van der Waals surface area contributed by atoms with Gasteiger partial charge in [-0.3, -0.25) is 15.0 Å². The standard InChI is InChI=1S/3C38H23N5O.3Pt/c1-3-11-33-29(9-1)30-16-13-27(38-40-32-10-2-4-12-37(32)44-38)24-35(30)43(33)36-23-26(14-18-34(36)42-21-7-8-22-42)31-17-15-28(25-39-31)41-19-5-6-20-41;1-2-17-39-33(10-1)26-8-7-9-30(22-26)43-35-16-13-28(41-18-3-4-19-41)24-32(35)31-14-11-27(23-36(31)43)38-40-34-15-12-29(25-37(34)44-38)42-20-5-6-21-42;1-2-17-39-33(10-1)26-8-7-9-30(22-26)43-35-15-12-28(41-18-3-4-19-41)24-32(35)31-14-11-27(23-36(31)43)38-40-34-25-29(13-16-37(34)44-38)42-20-5-6-21-42;;;/h1-22,25H;2*1-21,24-25H;;;/q3*-2;3*+2. The van der Waals surface area contributed by atoms with Gasteiger partial charge in [0.05, 0.1) is 22.2 Å². The van der Waals surface area contributed by atoms with Crippen LogP contribution in [-0.4, -0.2) is 71.0 Å². The number of hydrogen-bond donors (Lipinski definition) is 0. The topological polar surface area (TPSA) is 161 Å². The summed E-state index contributed by atoms with van der Waals surface area (Å²) in [5.74, 6) is 1.60. The second-order valence-corrected chi connectivity index (χ2v) is 32.0. The summed E-state index contributed by atoms with van der Waals surface area (Å²) in [6.07, 6.45) is 29.9. The van der Waals surface area contributed by atoms with Gasteiger partial charge in [0.1, 0.15) is 34.4 Å². The van der Waals surface area contributed by atoms with E-state index in [1.165, 1.54) is 0 Å². The van der Waals surface area contributed by atoms with E-state index in [2.05, 4.69) is 241 Å². The van der Waals surface area contributed by atoms with Crippen molar-refractivity contribution in [2.24, 2.45) is 0 Å². The zero-order chi connectivity index (χ0) is 87.1. The first kappa shape index (κ1) is 84.2. The number of aromatic nitrogens is 15. The Morgan fingerprint density at radius 3 is 1.15 bits per heavy atom. The van der Waals surface area contributed by atoms with Crippen molar-refractivity contribution >= 4 is 98.7 Å². The van der Waals surface area contributed by atoms with Gasteiger partial charge in [0.15, 0.2) is 0 Å². The first-order valence-electron chi connectivity index (χ1n) is 43.2. The van der Waals surface area contributed by atoms with E-state index in [0.29, 0.717) is 17.7 Å². The molecule has 0 spiro atoms. The molecule has 15 heterocycles. The fourth-order valence-corrected chi connectivity index (χ4v) is 17.8. The normalized spacial score (nSPS) is 11.4. The molecule has 135 heavy (non-hydrogen) atoms. The van der Waals surface area contributed by atoms with Crippen molar-refractivity contribution in [1.29, 1.82) is 0 Å². The predicted molar refractivity (Wildman–Crippen MR) is 520 cm³/mol. The molecule has 0 N–H and O–H groups in total. The molecule has 0 bridgehead atoms. The largest absolute Gasteiger partial charge is 2.00 e. The summed E-state index contributed by atoms with van der Waals surface area (Å²) in [5, 5.41) is 6.64. The Balaban J connectivity index is 0.000000116. The van der Waals surface area contributed by atoms with E-state index in [1.54, 1.807) is 12.4 Å². The maximum atomic E-state index is 6.32. The summed E-state index contributed by atoms with van der Waals surface area (Å²) in [7, 11) is 0. The van der Waals surface area contributed by atoms with E-state index >= 15 is 0 Å². The van der Waals surface area contributed by atoms with Crippen molar-refractivity contribution in [3.8, 4) is 119 Å². The summed E-state index contributed by atoms with van der Waals surface area (Å²) in [6.45, 7) is 0. The molecule has 0 aliphatic rings. The van der Waals surface area contributed by atoms with Crippen molar-refractivity contribution in [1.82, 2.24) is 71.0 Å². The Morgan fingerprint density at radius 1 is 0.230 bits per heavy atom. The van der Waals surface area contributed by atoms with E-state index in [0.717, 1.165) is 200 Å². The van der Waals surface area contributed by atoms with Crippen LogP contribution in [0.4, 0.5) is 0 Å². The predicted octanol–water partition coefficient (Wildman–Crippen LogP) is 26.5. The van der Waals surface area contributed by atoms with Crippen LogP contribution in [0.25, 0.3) is 218 Å². The minimum Gasteiger partial charge on any atom is -0.481 e. The minimum atomic E-state index is 0. The van der Waals surface area contributed by atoms with Gasteiger partial charge in [-0.05, 0) is 261 Å². The smallest absolute Gasteiger partial charge is 0.481 e. The Kier molecular flexibility index (Phi) is 22.3. The molecular formula is C114H69N15O3Pt3. The molecule has 27 rings (SSSR count). The Hall–Kier alpha value is -16.4. The molecule has 0 amide bonds. The zero-order valence-electron chi connectivity index (χ0n) is 71.2. The quantitative estimate of drug-likeness (QED) is 0.0910. The molecule has 12 aromatic carbocycles. The molecule has 18 nitrogen and oxygen atoms in total. The first-order chi connectivity index (χ1) is 65.4. The third-order valence-electron chi connectivity index (χ3n) is 24.1. The van der Waals surface area contributed by atoms with Crippen LogP contribution in [0, 0.1) is 36.4 Å². The monoisotopic (exact) mass is 2280 g/mol. The molecule has 0 radical (unpaired) electrons. The van der Waals surface area contributed by atoms with Crippen molar-refractivity contribution in [3.05, 3.63) is 457 Å². The van der Waals surface area contributed by atoms with Crippen molar-refractivity contribution in [2.45, 2.75) is 0 Å². The second kappa shape index (κ2) is 35.7. The van der Waals surface area contributed by atoms with Gasteiger partial charge in [0, 0.05) is 126 Å². The van der Waals surface area contributed by atoms with E-state index in [1.807, 2.05) is 254 Å². The van der Waals surface area contributed by atoms with Gasteiger partial charge in [-0.1, -0.05) is 93.5 Å². The number of hydrogen-bond acceptors (Lipinski definition) is 9. The zero-order valence-corrected chi connectivity index (χ0v) is 78.0. The number of para-hydroxylation sites is 3. The fraction of sp³-hybridized carbons (Fsp3) is 0. The van der Waals surface area contributed by atoms with Gasteiger partial charge in [-0.25, -0.2) is 0 Å². The van der Waals surface area contributed by atoms with Gasteiger partial charge in [-0.2, -0.15) is 0 Å². The molecule has 27 aromatic rings. The average Bonchev–Trinajstić information content (AvgIpc) is 1.59. The molecule has 0 atom stereocenters. The van der Waals surface area contributed by atoms with E-state index in [4.69, 9.17) is 33.2 Å². The van der Waals surface area contributed by atoms with Gasteiger partial charge < -0.3 is 69.3 Å². The molecular weight excluding hydrogens is 2210 g/mol. The molecule has 648 valence electrons. The van der Waals surface area contributed by atoms with Crippen LogP contribution in [0.15, 0.2) is 434 Å². The summed E-state index contributed by atoms with van der Waals surface area (Å²) in [4.78, 5) is 28.4. The number of pyridine rings is 3. The minimum absolute atomic E-state index is 0. The molecule has 21 heteroatoms. The fourth-order valence-electron chi connectivity index (χ4n) is 17.8. The van der Waals surface area contributed by atoms with Crippen molar-refractivity contribution < 1.29 is 76.4 Å². The summed E-state index contributed by atoms with van der Waals surface area (Å²) < 4.78 is 37.9. The molecule has 0 saturated heterocycles. The molecule has 15 aromatic heterocycles. The van der Waals surface area contributed by atoms with E-state index in [-0.39, 0.29) is 63.2 Å². The molecule has 0 aliphatic carbocycles. The second-order valence-electron chi connectivity index (χ2n) is 32.0. The number of benzene rings is 12. The number of fused-ring (bicyclic) bond motifs is 12. The van der Waals surface area contributed by atoms with Crippen LogP contribution in [0.3, 0.4) is 0 Å². The van der Waals surface area contributed by atoms with Crippen molar-refractivity contribution in [2.75, 3.05) is 0 Å². The van der Waals surface area contributed by atoms with Crippen LogP contribution >= 0.6 is 0 Å². The summed E-state index contributed by atoms with van der Waals surface area (Å²) in [5.41, 5.74) is 27.2. The summed E-state index contributed by atoms with van der Waals surface area (Å²) in [6, 6.07) is 133. The third kappa shape index (κ3) is 15.6. The van der Waals surface area contributed by atoms with Crippen LogP contribution in [0.5, 0.6) is 0 Å². The number of rotatable bonds is 15. The van der Waals surface area contributed by atoms with Gasteiger partial charge >= 0.3 is 63.2 Å². The van der Waals surface area contributed by atoms with Gasteiger partial charge in [0.25, 0.3) is 0 Å². The van der Waals surface area contributed by atoms with Gasteiger partial charge in [-0.15, -0.1) is 138 Å². The molecule has 0 unspecified atom stereocenters. The first-order valence-corrected chi connectivity index (χ1v) is 43.2. The molecule has 0 saturated carbocycles. The van der Waals surface area contributed by atoms with E-state index < -0.39 is 0 Å². The maximum absolute atomic E-state index is 6.32. The van der Waals surface area contributed by atoms with Crippen LogP contribution in [0.2, 0.25) is 0 Å². The molecule has 0 fully saturated rings. The average molecular weight is 2280 g/mol. The maximum Gasteiger partial charge on any atom is 2.00 e. The van der Waals surface area contributed by atoms with Gasteiger partial charge in [0.2, 0.25) is 0 Å². The van der Waals surface area contributed by atoms with Crippen LogP contribution in [-0.2, 0) is 63.2 Å². The Bertz CT molecular complexity index is 8580. The van der Waals surface area contributed by atoms with Crippen LogP contribution < -0.4 is 0 Å². The third-order valence-corrected chi connectivity index (χ3v) is 24.1. The summed E-state index contributed by atoms with van der Waals surface area (Å²) >= 11 is 0. The SMILES string of the molecule is [Pt+2].[Pt+2].[Pt+2].[c-]1c(-c2ccc(-n3cccc3)cn2)ccc(-n2cccc2)c1-n1c2[c-]c(-c3nc4ccccc4o3)ccc2c2ccccc21.[c-]1c(-c2ccccn2)cccc1-n1c2[c-]c(-c3nc4cc(-n5cccc5)ccc4o3)ccc2c2cc(-n3cccc3)ccc21.[c-]1c(-c2ccccn2)cccc1-n1c2[c-]c(-c3nc4ccc(-n5cccc5)cc4o3)ccc2c2cc(-n3cccc3)ccc21. The number of oxazole rings is 3. The number of nitrogens with zero attached hydrogens (tertiary/aromatic N) is 15. The van der Waals surface area contributed by atoms with Crippen molar-refractivity contribution in [3.63, 3.8) is 0 Å². The van der Waals surface area contributed by atoms with Crippen LogP contribution in [0.1, 0.15) is 0 Å². The van der Waals surface area contributed by atoms with E-state index in [9.17, 15) is 0 Å². The Labute approximate surface area is 815 Å². The Morgan fingerprint density at radius 2 is 0.630 bits per heavy atom.